The van der Waals surface area contributed by atoms with E-state index in [4.69, 9.17) is 5.73 Å². The quantitative estimate of drug-likeness (QED) is 0.827. The van der Waals surface area contributed by atoms with Gasteiger partial charge in [0.15, 0.2) is 0 Å². The number of nitrogens with zero attached hydrogens (tertiary/aromatic N) is 1. The number of hydrogen-bond acceptors (Lipinski definition) is 5. The number of benzene rings is 1. The predicted molar refractivity (Wildman–Crippen MR) is 86.0 cm³/mol. The summed E-state index contributed by atoms with van der Waals surface area (Å²) in [7, 11) is -3.63. The molecule has 0 amide bonds. The Labute approximate surface area is 129 Å². The van der Waals surface area contributed by atoms with Crippen LogP contribution in [-0.2, 0) is 10.0 Å². The molecule has 2 aromatic rings. The van der Waals surface area contributed by atoms with Crippen molar-refractivity contribution in [1.29, 1.82) is 0 Å². The van der Waals surface area contributed by atoms with Gasteiger partial charge in [0.25, 0.3) is 0 Å². The molecule has 0 fully saturated rings. The lowest BCUT2D eigenvalue weighted by atomic mass is 10.1. The lowest BCUT2D eigenvalue weighted by Crippen LogP contribution is -2.29. The average molecular weight is 325 g/mol. The Morgan fingerprint density at radius 2 is 2.00 bits per heavy atom. The minimum absolute atomic E-state index is 0.0196. The fraction of sp³-hybridized carbons (Fsp3) is 0.357. The van der Waals surface area contributed by atoms with Crippen LogP contribution in [0.1, 0.15) is 29.0 Å². The number of thiazole rings is 1. The molecule has 0 radical (unpaired) electrons. The normalized spacial score (nSPS) is 13.3. The van der Waals surface area contributed by atoms with Crippen molar-refractivity contribution in [3.8, 4) is 0 Å². The molecule has 0 aliphatic rings. The first kappa shape index (κ1) is 15.9. The second-order valence-electron chi connectivity index (χ2n) is 5.07. The summed E-state index contributed by atoms with van der Waals surface area (Å²) in [6.45, 7) is 5.77. The monoisotopic (exact) mass is 325 g/mol. The van der Waals surface area contributed by atoms with Crippen LogP contribution in [-0.4, -0.2) is 19.9 Å². The number of anilines is 1. The molecule has 1 aromatic heterocycles. The van der Waals surface area contributed by atoms with Gasteiger partial charge in [0.1, 0.15) is 4.90 Å². The van der Waals surface area contributed by atoms with Gasteiger partial charge in [0, 0.05) is 24.0 Å². The zero-order valence-corrected chi connectivity index (χ0v) is 13.9. The molecule has 0 saturated heterocycles. The van der Waals surface area contributed by atoms with E-state index in [1.54, 1.807) is 26.1 Å². The van der Waals surface area contributed by atoms with Crippen LogP contribution in [0.15, 0.2) is 28.6 Å². The van der Waals surface area contributed by atoms with Crippen molar-refractivity contribution in [2.75, 3.05) is 12.3 Å². The number of aromatic nitrogens is 1. The molecule has 0 aliphatic carbocycles. The van der Waals surface area contributed by atoms with Gasteiger partial charge in [-0.1, -0.05) is 19.1 Å². The maximum atomic E-state index is 12.5. The van der Waals surface area contributed by atoms with Crippen LogP contribution in [0.3, 0.4) is 0 Å². The number of nitrogen functional groups attached to an aromatic ring is 1. The highest BCUT2D eigenvalue weighted by atomic mass is 32.2. The Hall–Kier alpha value is -1.44. The Kier molecular flexibility index (Phi) is 4.65. The Morgan fingerprint density at radius 1 is 1.33 bits per heavy atom. The van der Waals surface area contributed by atoms with Crippen LogP contribution in [0.25, 0.3) is 0 Å². The van der Waals surface area contributed by atoms with Crippen LogP contribution in [0, 0.1) is 13.8 Å². The van der Waals surface area contributed by atoms with E-state index in [-0.39, 0.29) is 10.8 Å². The molecule has 1 atom stereocenters. The van der Waals surface area contributed by atoms with Gasteiger partial charge in [0.2, 0.25) is 10.0 Å². The SMILES string of the molecule is Cc1ccc(C)c(S(=O)(=O)NCC(C)c2nccs2)c1N. The van der Waals surface area contributed by atoms with Gasteiger partial charge in [-0.05, 0) is 25.0 Å². The van der Waals surface area contributed by atoms with Crippen molar-refractivity contribution in [3.63, 3.8) is 0 Å². The van der Waals surface area contributed by atoms with E-state index in [0.29, 0.717) is 17.8 Å². The van der Waals surface area contributed by atoms with Crippen LogP contribution in [0.5, 0.6) is 0 Å². The van der Waals surface area contributed by atoms with Crippen molar-refractivity contribution >= 4 is 27.0 Å². The molecule has 114 valence electrons. The Balaban J connectivity index is 2.22. The summed E-state index contributed by atoms with van der Waals surface area (Å²) in [6, 6.07) is 3.59. The molecular formula is C14H19N3O2S2. The van der Waals surface area contributed by atoms with Crippen molar-refractivity contribution in [2.24, 2.45) is 0 Å². The summed E-state index contributed by atoms with van der Waals surface area (Å²) in [5.74, 6) is 0.0196. The van der Waals surface area contributed by atoms with Gasteiger partial charge < -0.3 is 5.73 Å². The highest BCUT2D eigenvalue weighted by Gasteiger charge is 2.22. The lowest BCUT2D eigenvalue weighted by Gasteiger charge is -2.15. The van der Waals surface area contributed by atoms with Crippen molar-refractivity contribution < 1.29 is 8.42 Å². The van der Waals surface area contributed by atoms with Crippen LogP contribution in [0.2, 0.25) is 0 Å². The first-order chi connectivity index (χ1) is 9.83. The minimum Gasteiger partial charge on any atom is -0.397 e. The van der Waals surface area contributed by atoms with Crippen molar-refractivity contribution in [1.82, 2.24) is 9.71 Å². The van der Waals surface area contributed by atoms with Gasteiger partial charge in [-0.25, -0.2) is 18.1 Å². The first-order valence-corrected chi connectivity index (χ1v) is 8.94. The van der Waals surface area contributed by atoms with Crippen molar-refractivity contribution in [3.05, 3.63) is 39.8 Å². The molecule has 0 aliphatic heterocycles. The maximum Gasteiger partial charge on any atom is 0.242 e. The molecule has 0 saturated carbocycles. The topological polar surface area (TPSA) is 85.1 Å². The molecule has 1 unspecified atom stereocenters. The Morgan fingerprint density at radius 3 is 2.62 bits per heavy atom. The van der Waals surface area contributed by atoms with Crippen LogP contribution in [0.4, 0.5) is 5.69 Å². The third kappa shape index (κ3) is 3.42. The molecule has 1 heterocycles. The molecule has 21 heavy (non-hydrogen) atoms. The molecule has 0 spiro atoms. The van der Waals surface area contributed by atoms with Gasteiger partial charge in [-0.2, -0.15) is 0 Å². The lowest BCUT2D eigenvalue weighted by molar-refractivity contribution is 0.574. The molecule has 5 nitrogen and oxygen atoms in total. The largest absolute Gasteiger partial charge is 0.397 e. The number of nitrogens with one attached hydrogen (secondary N) is 1. The number of nitrogens with two attached hydrogens (primary N) is 1. The highest BCUT2D eigenvalue weighted by molar-refractivity contribution is 7.89. The van der Waals surface area contributed by atoms with E-state index in [1.807, 2.05) is 18.4 Å². The van der Waals surface area contributed by atoms with E-state index in [9.17, 15) is 8.42 Å². The zero-order valence-electron chi connectivity index (χ0n) is 12.3. The molecule has 3 N–H and O–H groups in total. The maximum absolute atomic E-state index is 12.5. The minimum atomic E-state index is -3.63. The number of aryl methyl sites for hydroxylation is 2. The summed E-state index contributed by atoms with van der Waals surface area (Å²) in [4.78, 5) is 4.37. The summed E-state index contributed by atoms with van der Waals surface area (Å²) in [5.41, 5.74) is 7.65. The summed E-state index contributed by atoms with van der Waals surface area (Å²) in [5, 5.41) is 2.79. The number of rotatable bonds is 5. The van der Waals surface area contributed by atoms with Gasteiger partial charge >= 0.3 is 0 Å². The second-order valence-corrected chi connectivity index (χ2v) is 7.70. The van der Waals surface area contributed by atoms with Crippen LogP contribution < -0.4 is 10.5 Å². The van der Waals surface area contributed by atoms with Gasteiger partial charge in [-0.15, -0.1) is 11.3 Å². The fourth-order valence-electron chi connectivity index (χ4n) is 2.04. The van der Waals surface area contributed by atoms with Crippen LogP contribution >= 0.6 is 11.3 Å². The average Bonchev–Trinajstić information content (AvgIpc) is 2.95. The summed E-state index contributed by atoms with van der Waals surface area (Å²) < 4.78 is 27.6. The third-order valence-corrected chi connectivity index (χ3v) is 5.97. The number of hydrogen-bond donors (Lipinski definition) is 2. The zero-order chi connectivity index (χ0) is 15.6. The van der Waals surface area contributed by atoms with Gasteiger partial charge in [0.05, 0.1) is 10.7 Å². The third-order valence-electron chi connectivity index (χ3n) is 3.33. The molecule has 7 heteroatoms. The predicted octanol–water partition coefficient (Wildman–Crippen LogP) is 2.42. The molecule has 0 bridgehead atoms. The first-order valence-electron chi connectivity index (χ1n) is 6.57. The van der Waals surface area contributed by atoms with Crippen molar-refractivity contribution in [2.45, 2.75) is 31.6 Å². The smallest absolute Gasteiger partial charge is 0.242 e. The molecule has 1 aromatic carbocycles. The fourth-order valence-corrected chi connectivity index (χ4v) is 4.29. The van der Waals surface area contributed by atoms with E-state index in [2.05, 4.69) is 9.71 Å². The summed E-state index contributed by atoms with van der Waals surface area (Å²) in [6.07, 6.45) is 1.72. The molecule has 2 rings (SSSR count). The standard InChI is InChI=1S/C14H19N3O2S2/c1-9-4-5-10(2)13(12(9)15)21(18,19)17-8-11(3)14-16-6-7-20-14/h4-7,11,17H,8,15H2,1-3H3. The second kappa shape index (κ2) is 6.13. The summed E-state index contributed by atoms with van der Waals surface area (Å²) >= 11 is 1.52. The van der Waals surface area contributed by atoms with E-state index in [0.717, 1.165) is 10.6 Å². The van der Waals surface area contributed by atoms with E-state index in [1.165, 1.54) is 11.3 Å². The molecular weight excluding hydrogens is 306 g/mol. The highest BCUT2D eigenvalue weighted by Crippen LogP contribution is 2.26. The van der Waals surface area contributed by atoms with Gasteiger partial charge in [-0.3, -0.25) is 0 Å². The van der Waals surface area contributed by atoms with E-state index < -0.39 is 10.0 Å². The number of sulfonamides is 1. The Bertz CT molecular complexity index is 725. The van der Waals surface area contributed by atoms with E-state index >= 15 is 0 Å².